The first kappa shape index (κ1) is 20.8. The Labute approximate surface area is 184 Å². The normalized spacial score (nSPS) is 14.4. The van der Waals surface area contributed by atoms with Gasteiger partial charge in [-0.1, -0.05) is 36.0 Å². The number of phenols is 1. The molecule has 0 atom stereocenters. The molecule has 0 spiro atoms. The third-order valence-electron chi connectivity index (χ3n) is 5.71. The lowest BCUT2D eigenvalue weighted by atomic mass is 9.93. The summed E-state index contributed by atoms with van der Waals surface area (Å²) in [5.74, 6) is -0.440. The summed E-state index contributed by atoms with van der Waals surface area (Å²) in [6.45, 7) is 3.03. The van der Waals surface area contributed by atoms with Crippen LogP contribution in [-0.4, -0.2) is 21.6 Å². The number of carbonyl (C=O) groups is 2. The Morgan fingerprint density at radius 2 is 1.77 bits per heavy atom. The fourth-order valence-electron chi connectivity index (χ4n) is 4.39. The van der Waals surface area contributed by atoms with Crippen molar-refractivity contribution in [1.82, 2.24) is 4.57 Å². The van der Waals surface area contributed by atoms with E-state index in [1.165, 1.54) is 11.5 Å². The summed E-state index contributed by atoms with van der Waals surface area (Å²) in [4.78, 5) is 25.3. The average Bonchev–Trinajstić information content (AvgIpc) is 3.31. The van der Waals surface area contributed by atoms with E-state index in [0.717, 1.165) is 25.7 Å². The average molecular weight is 446 g/mol. The van der Waals surface area contributed by atoms with Crippen LogP contribution < -0.4 is 4.74 Å². The van der Waals surface area contributed by atoms with E-state index in [4.69, 9.17) is 27.9 Å². The molecule has 156 valence electrons. The summed E-state index contributed by atoms with van der Waals surface area (Å²) in [6.07, 6.45) is 3.89. The van der Waals surface area contributed by atoms with Crippen LogP contribution in [0.5, 0.6) is 11.5 Å². The van der Waals surface area contributed by atoms with Crippen LogP contribution in [0.4, 0.5) is 0 Å². The minimum absolute atomic E-state index is 0.0134. The van der Waals surface area contributed by atoms with Crippen LogP contribution in [0.3, 0.4) is 0 Å². The van der Waals surface area contributed by atoms with E-state index in [1.807, 2.05) is 0 Å². The predicted molar refractivity (Wildman–Crippen MR) is 117 cm³/mol. The molecule has 5 nitrogen and oxygen atoms in total. The topological polar surface area (TPSA) is 68.5 Å². The number of ether oxygens (including phenoxy) is 1. The predicted octanol–water partition coefficient (Wildman–Crippen LogP) is 6.23. The van der Waals surface area contributed by atoms with Crippen molar-refractivity contribution in [1.29, 1.82) is 0 Å². The zero-order chi connectivity index (χ0) is 21.6. The molecule has 1 N–H and O–H groups in total. The maximum atomic E-state index is 13.4. The molecule has 0 unspecified atom stereocenters. The fraction of sp³-hybridized carbons (Fsp3) is 0.304. The second-order valence-corrected chi connectivity index (χ2v) is 8.50. The number of hydrogen-bond acceptors (Lipinski definition) is 4. The summed E-state index contributed by atoms with van der Waals surface area (Å²) in [7, 11) is 0. The van der Waals surface area contributed by atoms with Crippen molar-refractivity contribution in [2.45, 2.75) is 45.4 Å². The number of carbonyl (C=O) groups excluding carboxylic acids is 2. The number of rotatable bonds is 3. The summed E-state index contributed by atoms with van der Waals surface area (Å²) in [6, 6.07) is 8.12. The molecular weight excluding hydrogens is 425 g/mol. The molecule has 1 aliphatic carbocycles. The zero-order valence-electron chi connectivity index (χ0n) is 16.7. The van der Waals surface area contributed by atoms with Crippen LogP contribution in [0.1, 0.15) is 60.1 Å². The Bertz CT molecular complexity index is 1160. The standard InChI is InChI=1S/C23H21Cl2NO4/c1-12-22(30-13(2)27)20-18(26(12)23(29)15-7-9-16(24)10-8-15)11-17(25)21(28)19(20)14-5-3-4-6-14/h7-11,14,28H,3-6H2,1-2H3. The van der Waals surface area contributed by atoms with Crippen molar-refractivity contribution in [2.75, 3.05) is 0 Å². The molecule has 0 radical (unpaired) electrons. The molecule has 1 fully saturated rings. The minimum Gasteiger partial charge on any atom is -0.506 e. The Morgan fingerprint density at radius 3 is 2.37 bits per heavy atom. The number of esters is 1. The zero-order valence-corrected chi connectivity index (χ0v) is 18.2. The molecular formula is C23H21Cl2NO4. The van der Waals surface area contributed by atoms with Gasteiger partial charge in [0.2, 0.25) is 0 Å². The largest absolute Gasteiger partial charge is 0.506 e. The van der Waals surface area contributed by atoms with Crippen LogP contribution in [0.2, 0.25) is 10.0 Å². The Kier molecular flexibility index (Phi) is 5.51. The van der Waals surface area contributed by atoms with Gasteiger partial charge < -0.3 is 9.84 Å². The monoisotopic (exact) mass is 445 g/mol. The lowest BCUT2D eigenvalue weighted by molar-refractivity contribution is -0.131. The fourth-order valence-corrected chi connectivity index (χ4v) is 4.72. The van der Waals surface area contributed by atoms with Gasteiger partial charge in [0, 0.05) is 23.1 Å². The van der Waals surface area contributed by atoms with Crippen LogP contribution in [-0.2, 0) is 4.79 Å². The molecule has 7 heteroatoms. The number of fused-ring (bicyclic) bond motifs is 1. The highest BCUT2D eigenvalue weighted by Gasteiger charge is 2.31. The lowest BCUT2D eigenvalue weighted by Crippen LogP contribution is -2.14. The Hall–Kier alpha value is -2.50. The summed E-state index contributed by atoms with van der Waals surface area (Å²) < 4.78 is 7.04. The highest BCUT2D eigenvalue weighted by Crippen LogP contribution is 2.49. The Morgan fingerprint density at radius 1 is 1.13 bits per heavy atom. The first-order valence-electron chi connectivity index (χ1n) is 9.84. The molecule has 3 aromatic rings. The number of phenolic OH excluding ortho intramolecular Hbond substituents is 1. The molecule has 0 saturated heterocycles. The highest BCUT2D eigenvalue weighted by molar-refractivity contribution is 6.33. The van der Waals surface area contributed by atoms with Crippen LogP contribution >= 0.6 is 23.2 Å². The minimum atomic E-state index is -0.497. The van der Waals surface area contributed by atoms with Crippen molar-refractivity contribution in [2.24, 2.45) is 0 Å². The van der Waals surface area contributed by atoms with Crippen molar-refractivity contribution >= 4 is 46.0 Å². The van der Waals surface area contributed by atoms with Gasteiger partial charge in [0.25, 0.3) is 5.91 Å². The Balaban J connectivity index is 2.04. The molecule has 1 aliphatic rings. The van der Waals surface area contributed by atoms with Gasteiger partial charge in [-0.2, -0.15) is 0 Å². The maximum absolute atomic E-state index is 13.4. The van der Waals surface area contributed by atoms with Crippen molar-refractivity contribution in [3.05, 3.63) is 57.2 Å². The SMILES string of the molecule is CC(=O)Oc1c(C)n(C(=O)c2ccc(Cl)cc2)c2cc(Cl)c(O)c(C3CCCC3)c12. The van der Waals surface area contributed by atoms with E-state index in [9.17, 15) is 14.7 Å². The first-order chi connectivity index (χ1) is 14.3. The molecule has 30 heavy (non-hydrogen) atoms. The van der Waals surface area contributed by atoms with E-state index in [1.54, 1.807) is 37.3 Å². The number of aromatic hydroxyl groups is 1. The number of hydrogen-bond donors (Lipinski definition) is 1. The van der Waals surface area contributed by atoms with Crippen LogP contribution in [0.15, 0.2) is 30.3 Å². The lowest BCUT2D eigenvalue weighted by Gasteiger charge is -2.16. The van der Waals surface area contributed by atoms with E-state index in [-0.39, 0.29) is 28.3 Å². The van der Waals surface area contributed by atoms with Crippen molar-refractivity contribution in [3.8, 4) is 11.5 Å². The molecule has 1 saturated carbocycles. The molecule has 0 aliphatic heterocycles. The number of nitrogens with zero attached hydrogens (tertiary/aromatic N) is 1. The van der Waals surface area contributed by atoms with Crippen molar-refractivity contribution < 1.29 is 19.4 Å². The maximum Gasteiger partial charge on any atom is 0.308 e. The third kappa shape index (κ3) is 3.46. The summed E-state index contributed by atoms with van der Waals surface area (Å²) >= 11 is 12.3. The van der Waals surface area contributed by atoms with E-state index >= 15 is 0 Å². The number of halogens is 2. The molecule has 1 heterocycles. The van der Waals surface area contributed by atoms with E-state index in [0.29, 0.717) is 32.7 Å². The van der Waals surface area contributed by atoms with Gasteiger partial charge in [-0.3, -0.25) is 14.2 Å². The van der Waals surface area contributed by atoms with Gasteiger partial charge >= 0.3 is 5.97 Å². The molecule has 0 bridgehead atoms. The van der Waals surface area contributed by atoms with E-state index < -0.39 is 5.97 Å². The summed E-state index contributed by atoms with van der Waals surface area (Å²) in [5, 5.41) is 12.1. The van der Waals surface area contributed by atoms with Gasteiger partial charge in [-0.25, -0.2) is 0 Å². The number of benzene rings is 2. The van der Waals surface area contributed by atoms with Gasteiger partial charge in [-0.15, -0.1) is 0 Å². The van der Waals surface area contributed by atoms with Gasteiger partial charge in [0.05, 0.1) is 21.6 Å². The van der Waals surface area contributed by atoms with Crippen LogP contribution in [0, 0.1) is 6.92 Å². The second kappa shape index (κ2) is 7.97. The van der Waals surface area contributed by atoms with Gasteiger partial charge in [0.15, 0.2) is 5.75 Å². The van der Waals surface area contributed by atoms with Gasteiger partial charge in [0.1, 0.15) is 5.75 Å². The smallest absolute Gasteiger partial charge is 0.308 e. The second-order valence-electron chi connectivity index (χ2n) is 7.65. The summed E-state index contributed by atoms with van der Waals surface area (Å²) in [5.41, 5.74) is 2.06. The van der Waals surface area contributed by atoms with Crippen molar-refractivity contribution in [3.63, 3.8) is 0 Å². The molecule has 4 rings (SSSR count). The van der Waals surface area contributed by atoms with Gasteiger partial charge in [-0.05, 0) is 56.0 Å². The van der Waals surface area contributed by atoms with E-state index in [2.05, 4.69) is 0 Å². The van der Waals surface area contributed by atoms with Crippen LogP contribution in [0.25, 0.3) is 10.9 Å². The highest BCUT2D eigenvalue weighted by atomic mass is 35.5. The first-order valence-corrected chi connectivity index (χ1v) is 10.6. The molecule has 2 aromatic carbocycles. The third-order valence-corrected chi connectivity index (χ3v) is 6.25. The number of aromatic nitrogens is 1. The quantitative estimate of drug-likeness (QED) is 0.484. The molecule has 0 amide bonds. The molecule has 1 aromatic heterocycles.